The number of halogens is 1. The first-order valence-corrected chi connectivity index (χ1v) is 6.87. The molecule has 106 valence electrons. The topological polar surface area (TPSA) is 103 Å². The van der Waals surface area contributed by atoms with Gasteiger partial charge in [-0.3, -0.25) is 10.1 Å². The SMILES string of the molecule is O=C(O)Nc1nc(CCN(CCO)C(=O)CCl)cs1. The Bertz CT molecular complexity index is 440. The zero-order valence-electron chi connectivity index (χ0n) is 10.0. The van der Waals surface area contributed by atoms with E-state index in [0.29, 0.717) is 23.8 Å². The van der Waals surface area contributed by atoms with Crippen molar-refractivity contribution in [3.05, 3.63) is 11.1 Å². The van der Waals surface area contributed by atoms with Gasteiger partial charge in [-0.2, -0.15) is 0 Å². The van der Waals surface area contributed by atoms with Gasteiger partial charge in [-0.15, -0.1) is 22.9 Å². The molecule has 0 aliphatic rings. The van der Waals surface area contributed by atoms with Crippen molar-refractivity contribution in [1.29, 1.82) is 0 Å². The van der Waals surface area contributed by atoms with Gasteiger partial charge in [0.2, 0.25) is 5.91 Å². The summed E-state index contributed by atoms with van der Waals surface area (Å²) in [6.07, 6.45) is -0.694. The van der Waals surface area contributed by atoms with E-state index in [0.717, 1.165) is 0 Å². The summed E-state index contributed by atoms with van der Waals surface area (Å²) in [6.45, 7) is 0.462. The van der Waals surface area contributed by atoms with E-state index < -0.39 is 6.09 Å². The number of carboxylic acid groups (broad SMARTS) is 1. The van der Waals surface area contributed by atoms with Crippen molar-refractivity contribution in [1.82, 2.24) is 9.88 Å². The largest absolute Gasteiger partial charge is 0.465 e. The van der Waals surface area contributed by atoms with Gasteiger partial charge in [0.05, 0.1) is 12.3 Å². The van der Waals surface area contributed by atoms with Crippen LogP contribution >= 0.6 is 22.9 Å². The van der Waals surface area contributed by atoms with Crippen molar-refractivity contribution in [2.75, 3.05) is 30.9 Å². The highest BCUT2D eigenvalue weighted by molar-refractivity contribution is 7.13. The van der Waals surface area contributed by atoms with E-state index in [4.69, 9.17) is 21.8 Å². The van der Waals surface area contributed by atoms with Crippen molar-refractivity contribution in [2.45, 2.75) is 6.42 Å². The summed E-state index contributed by atoms with van der Waals surface area (Å²) in [7, 11) is 0. The zero-order chi connectivity index (χ0) is 14.3. The summed E-state index contributed by atoms with van der Waals surface area (Å²) in [6, 6.07) is 0. The molecule has 7 nitrogen and oxygen atoms in total. The minimum Gasteiger partial charge on any atom is -0.465 e. The van der Waals surface area contributed by atoms with E-state index in [-0.39, 0.29) is 24.9 Å². The van der Waals surface area contributed by atoms with Crippen molar-refractivity contribution >= 4 is 40.1 Å². The van der Waals surface area contributed by atoms with Gasteiger partial charge in [0.25, 0.3) is 0 Å². The van der Waals surface area contributed by atoms with Crippen LogP contribution in [0.15, 0.2) is 5.38 Å². The quantitative estimate of drug-likeness (QED) is 0.648. The highest BCUT2D eigenvalue weighted by atomic mass is 35.5. The standard InChI is InChI=1S/C10H14ClN3O4S/c11-5-8(16)14(3-4-15)2-1-7-6-19-9(12-7)13-10(17)18/h6,15H,1-5H2,(H,12,13)(H,17,18). The summed E-state index contributed by atoms with van der Waals surface area (Å²) in [5, 5.41) is 21.5. The second kappa shape index (κ2) is 7.93. The molecule has 2 amide bonds. The number of nitrogens with zero attached hydrogens (tertiary/aromatic N) is 2. The molecule has 19 heavy (non-hydrogen) atoms. The Kier molecular flexibility index (Phi) is 6.54. The minimum absolute atomic E-state index is 0.133. The normalized spacial score (nSPS) is 10.2. The lowest BCUT2D eigenvalue weighted by molar-refractivity contribution is -0.129. The molecule has 0 saturated heterocycles. The first kappa shape index (κ1) is 15.7. The highest BCUT2D eigenvalue weighted by Gasteiger charge is 2.12. The molecule has 0 unspecified atom stereocenters. The predicted octanol–water partition coefficient (Wildman–Crippen LogP) is 0.835. The number of carbonyl (C=O) groups excluding carboxylic acids is 1. The van der Waals surface area contributed by atoms with E-state index >= 15 is 0 Å². The van der Waals surface area contributed by atoms with Gasteiger partial charge in [0.15, 0.2) is 5.13 Å². The van der Waals surface area contributed by atoms with E-state index in [1.54, 1.807) is 5.38 Å². The Labute approximate surface area is 118 Å². The highest BCUT2D eigenvalue weighted by Crippen LogP contribution is 2.15. The Hall–Kier alpha value is -1.38. The molecular formula is C10H14ClN3O4S. The Morgan fingerprint density at radius 1 is 1.47 bits per heavy atom. The van der Waals surface area contributed by atoms with Crippen molar-refractivity contribution in [3.8, 4) is 0 Å². The smallest absolute Gasteiger partial charge is 0.410 e. The molecule has 1 aromatic rings. The molecule has 0 aliphatic carbocycles. The molecule has 3 N–H and O–H groups in total. The number of thiazole rings is 1. The number of nitrogens with one attached hydrogen (secondary N) is 1. The van der Waals surface area contributed by atoms with Crippen LogP contribution in [0, 0.1) is 0 Å². The van der Waals surface area contributed by atoms with Crippen LogP contribution < -0.4 is 5.32 Å². The van der Waals surface area contributed by atoms with Crippen molar-refractivity contribution < 1.29 is 19.8 Å². The van der Waals surface area contributed by atoms with Gasteiger partial charge in [0, 0.05) is 24.9 Å². The Morgan fingerprint density at radius 2 is 2.21 bits per heavy atom. The average molecular weight is 308 g/mol. The first-order valence-electron chi connectivity index (χ1n) is 5.45. The number of hydrogen-bond acceptors (Lipinski definition) is 5. The molecule has 0 fully saturated rings. The monoisotopic (exact) mass is 307 g/mol. The number of amides is 2. The lowest BCUT2D eigenvalue weighted by Crippen LogP contribution is -2.36. The van der Waals surface area contributed by atoms with Crippen LogP contribution in [0.2, 0.25) is 0 Å². The van der Waals surface area contributed by atoms with Gasteiger partial charge in [0.1, 0.15) is 5.88 Å². The molecule has 1 aromatic heterocycles. The first-order chi connectivity index (χ1) is 9.06. The van der Waals surface area contributed by atoms with E-state index in [1.807, 2.05) is 0 Å². The maximum Gasteiger partial charge on any atom is 0.410 e. The van der Waals surface area contributed by atoms with Crippen LogP contribution in [0.3, 0.4) is 0 Å². The summed E-state index contributed by atoms with van der Waals surface area (Å²) >= 11 is 6.64. The third-order valence-corrected chi connectivity index (χ3v) is 3.28. The molecule has 0 bridgehead atoms. The molecular weight excluding hydrogens is 294 g/mol. The third-order valence-electron chi connectivity index (χ3n) is 2.24. The van der Waals surface area contributed by atoms with Crippen LogP contribution in [0.1, 0.15) is 5.69 Å². The summed E-state index contributed by atoms with van der Waals surface area (Å²) < 4.78 is 0. The van der Waals surface area contributed by atoms with Crippen LogP contribution in [0.25, 0.3) is 0 Å². The molecule has 0 aromatic carbocycles. The van der Waals surface area contributed by atoms with E-state index in [9.17, 15) is 9.59 Å². The molecule has 0 radical (unpaired) electrons. The molecule has 0 saturated carbocycles. The number of carbonyl (C=O) groups is 2. The lowest BCUT2D eigenvalue weighted by Gasteiger charge is -2.19. The van der Waals surface area contributed by atoms with Crippen molar-refractivity contribution in [2.24, 2.45) is 0 Å². The van der Waals surface area contributed by atoms with Crippen LogP contribution in [0.4, 0.5) is 9.93 Å². The number of alkyl halides is 1. The maximum atomic E-state index is 11.4. The molecule has 0 atom stereocenters. The minimum atomic E-state index is -1.17. The fourth-order valence-corrected chi connectivity index (χ4v) is 2.29. The summed E-state index contributed by atoms with van der Waals surface area (Å²) in [4.78, 5) is 27.4. The molecule has 1 rings (SSSR count). The second-order valence-electron chi connectivity index (χ2n) is 3.56. The summed E-state index contributed by atoms with van der Waals surface area (Å²) in [5.41, 5.74) is 0.680. The Morgan fingerprint density at radius 3 is 2.79 bits per heavy atom. The molecule has 0 aliphatic heterocycles. The number of aliphatic hydroxyl groups is 1. The van der Waals surface area contributed by atoms with Crippen LogP contribution in [0.5, 0.6) is 0 Å². The Balaban J connectivity index is 2.51. The summed E-state index contributed by atoms with van der Waals surface area (Å²) in [5.74, 6) is -0.391. The van der Waals surface area contributed by atoms with Crippen LogP contribution in [-0.2, 0) is 11.2 Å². The number of anilines is 1. The van der Waals surface area contributed by atoms with Crippen molar-refractivity contribution in [3.63, 3.8) is 0 Å². The predicted molar refractivity (Wildman–Crippen MR) is 71.9 cm³/mol. The molecule has 1 heterocycles. The third kappa shape index (κ3) is 5.41. The number of rotatable bonds is 7. The number of hydrogen-bond donors (Lipinski definition) is 3. The fraction of sp³-hybridized carbons (Fsp3) is 0.500. The van der Waals surface area contributed by atoms with E-state index in [2.05, 4.69) is 10.3 Å². The number of aromatic nitrogens is 1. The lowest BCUT2D eigenvalue weighted by atomic mass is 10.3. The van der Waals surface area contributed by atoms with Gasteiger partial charge in [-0.1, -0.05) is 0 Å². The molecule has 0 spiro atoms. The van der Waals surface area contributed by atoms with Gasteiger partial charge in [-0.25, -0.2) is 9.78 Å². The van der Waals surface area contributed by atoms with E-state index in [1.165, 1.54) is 16.2 Å². The maximum absolute atomic E-state index is 11.4. The van der Waals surface area contributed by atoms with Gasteiger partial charge in [-0.05, 0) is 0 Å². The second-order valence-corrected chi connectivity index (χ2v) is 4.69. The number of aliphatic hydroxyl groups excluding tert-OH is 1. The zero-order valence-corrected chi connectivity index (χ0v) is 11.6. The average Bonchev–Trinajstić information content (AvgIpc) is 2.80. The molecule has 9 heteroatoms. The fourth-order valence-electron chi connectivity index (χ4n) is 1.39. The van der Waals surface area contributed by atoms with Gasteiger partial charge < -0.3 is 15.1 Å². The van der Waals surface area contributed by atoms with Gasteiger partial charge >= 0.3 is 6.09 Å². The van der Waals surface area contributed by atoms with Crippen LogP contribution in [-0.4, -0.2) is 57.7 Å².